The van der Waals surface area contributed by atoms with Crippen LogP contribution < -0.4 is 16.2 Å². The van der Waals surface area contributed by atoms with Crippen molar-refractivity contribution in [3.8, 4) is 11.5 Å². The molecule has 1 amide bonds. The zero-order valence-corrected chi connectivity index (χ0v) is 11.0. The first-order chi connectivity index (χ1) is 8.59. The standard InChI is InChI=1S/C13H11BrN2O2/c14-8-4-3-7-11(12(8)13(16)17)18-10-6-2-1-5-9(10)15/h1-7H,15H2,(H2,16,17). The molecule has 4 nitrogen and oxygen atoms in total. The number of carbonyl (C=O) groups excluding carboxylic acids is 1. The summed E-state index contributed by atoms with van der Waals surface area (Å²) < 4.78 is 6.21. The van der Waals surface area contributed by atoms with E-state index in [0.717, 1.165) is 0 Å². The van der Waals surface area contributed by atoms with Gasteiger partial charge in [-0.15, -0.1) is 0 Å². The van der Waals surface area contributed by atoms with Crippen molar-refractivity contribution in [2.45, 2.75) is 0 Å². The lowest BCUT2D eigenvalue weighted by Crippen LogP contribution is -2.13. The molecule has 0 atom stereocenters. The Morgan fingerprint density at radius 2 is 1.72 bits per heavy atom. The van der Waals surface area contributed by atoms with Crippen LogP contribution in [0, 0.1) is 0 Å². The molecule has 5 heteroatoms. The van der Waals surface area contributed by atoms with Crippen molar-refractivity contribution >= 4 is 27.5 Å². The number of nitrogen functional groups attached to an aromatic ring is 1. The molecule has 2 aromatic rings. The molecule has 0 radical (unpaired) electrons. The third-order valence-electron chi connectivity index (χ3n) is 2.36. The Morgan fingerprint density at radius 1 is 1.06 bits per heavy atom. The number of amides is 1. The molecular weight excluding hydrogens is 296 g/mol. The number of ether oxygens (including phenoxy) is 1. The van der Waals surface area contributed by atoms with Crippen LogP contribution in [0.25, 0.3) is 0 Å². The normalized spacial score (nSPS) is 10.1. The van der Waals surface area contributed by atoms with Gasteiger partial charge in [-0.1, -0.05) is 18.2 Å². The maximum atomic E-state index is 11.4. The van der Waals surface area contributed by atoms with Gasteiger partial charge in [-0.3, -0.25) is 4.79 Å². The maximum Gasteiger partial charge on any atom is 0.253 e. The van der Waals surface area contributed by atoms with E-state index in [4.69, 9.17) is 16.2 Å². The lowest BCUT2D eigenvalue weighted by molar-refractivity contribution is 0.0997. The minimum absolute atomic E-state index is 0.292. The Kier molecular flexibility index (Phi) is 3.53. The summed E-state index contributed by atoms with van der Waals surface area (Å²) in [5.41, 5.74) is 11.9. The van der Waals surface area contributed by atoms with E-state index in [1.807, 2.05) is 0 Å². The fourth-order valence-electron chi connectivity index (χ4n) is 1.52. The average Bonchev–Trinajstić information content (AvgIpc) is 2.31. The first kappa shape index (κ1) is 12.4. The van der Waals surface area contributed by atoms with Gasteiger partial charge in [0, 0.05) is 4.47 Å². The Labute approximate surface area is 113 Å². The number of rotatable bonds is 3. The fourth-order valence-corrected chi connectivity index (χ4v) is 2.06. The number of para-hydroxylation sites is 2. The first-order valence-corrected chi connectivity index (χ1v) is 5.99. The van der Waals surface area contributed by atoms with Crippen LogP contribution in [0.15, 0.2) is 46.9 Å². The van der Waals surface area contributed by atoms with Gasteiger partial charge in [-0.05, 0) is 40.2 Å². The van der Waals surface area contributed by atoms with Gasteiger partial charge >= 0.3 is 0 Å². The number of nitrogens with two attached hydrogens (primary N) is 2. The minimum atomic E-state index is -0.563. The monoisotopic (exact) mass is 306 g/mol. The molecule has 92 valence electrons. The van der Waals surface area contributed by atoms with Crippen LogP contribution >= 0.6 is 15.9 Å². The molecule has 2 aromatic carbocycles. The molecule has 0 saturated heterocycles. The lowest BCUT2D eigenvalue weighted by atomic mass is 10.2. The van der Waals surface area contributed by atoms with Gasteiger partial charge in [0.1, 0.15) is 11.5 Å². The third-order valence-corrected chi connectivity index (χ3v) is 3.02. The minimum Gasteiger partial charge on any atom is -0.454 e. The van der Waals surface area contributed by atoms with Crippen LogP contribution in [0.4, 0.5) is 5.69 Å². The molecule has 0 fully saturated rings. The van der Waals surface area contributed by atoms with Crippen molar-refractivity contribution in [1.29, 1.82) is 0 Å². The van der Waals surface area contributed by atoms with Crippen molar-refractivity contribution in [3.05, 3.63) is 52.5 Å². The van der Waals surface area contributed by atoms with E-state index < -0.39 is 5.91 Å². The molecule has 0 bridgehead atoms. The topological polar surface area (TPSA) is 78.3 Å². The van der Waals surface area contributed by atoms with E-state index >= 15 is 0 Å². The molecule has 0 aliphatic heterocycles. The molecular formula is C13H11BrN2O2. The summed E-state index contributed by atoms with van der Waals surface area (Å²) in [4.78, 5) is 11.4. The van der Waals surface area contributed by atoms with Crippen LogP contribution in [0.2, 0.25) is 0 Å². The second kappa shape index (κ2) is 5.10. The van der Waals surface area contributed by atoms with E-state index in [0.29, 0.717) is 27.2 Å². The summed E-state index contributed by atoms with van der Waals surface area (Å²) in [5.74, 6) is 0.292. The Bertz CT molecular complexity index is 599. The van der Waals surface area contributed by atoms with Crippen LogP contribution in [0.1, 0.15) is 10.4 Å². The molecule has 2 rings (SSSR count). The second-order valence-corrected chi connectivity index (χ2v) is 4.47. The molecule has 0 heterocycles. The van der Waals surface area contributed by atoms with Crippen molar-refractivity contribution < 1.29 is 9.53 Å². The quantitative estimate of drug-likeness (QED) is 0.856. The number of primary amides is 1. The predicted molar refractivity (Wildman–Crippen MR) is 73.6 cm³/mol. The van der Waals surface area contributed by atoms with Gasteiger partial charge in [0.25, 0.3) is 5.91 Å². The zero-order valence-electron chi connectivity index (χ0n) is 9.39. The van der Waals surface area contributed by atoms with Gasteiger partial charge in [0.05, 0.1) is 11.3 Å². The van der Waals surface area contributed by atoms with E-state index in [-0.39, 0.29) is 0 Å². The summed E-state index contributed by atoms with van der Waals surface area (Å²) in [6.07, 6.45) is 0. The molecule has 0 unspecified atom stereocenters. The van der Waals surface area contributed by atoms with Crippen LogP contribution in [0.5, 0.6) is 11.5 Å². The number of hydrogen-bond acceptors (Lipinski definition) is 3. The predicted octanol–water partition coefficient (Wildman–Crippen LogP) is 2.92. The number of halogens is 1. The molecule has 0 aliphatic rings. The van der Waals surface area contributed by atoms with Gasteiger partial charge < -0.3 is 16.2 Å². The number of hydrogen-bond donors (Lipinski definition) is 2. The summed E-state index contributed by atoms with van der Waals surface area (Å²) >= 11 is 3.27. The Morgan fingerprint density at radius 3 is 2.39 bits per heavy atom. The third kappa shape index (κ3) is 2.46. The molecule has 18 heavy (non-hydrogen) atoms. The highest BCUT2D eigenvalue weighted by atomic mass is 79.9. The van der Waals surface area contributed by atoms with Gasteiger partial charge in [0.15, 0.2) is 0 Å². The average molecular weight is 307 g/mol. The number of anilines is 1. The van der Waals surface area contributed by atoms with E-state index in [1.54, 1.807) is 42.5 Å². The SMILES string of the molecule is NC(=O)c1c(Br)cccc1Oc1ccccc1N. The second-order valence-electron chi connectivity index (χ2n) is 3.62. The smallest absolute Gasteiger partial charge is 0.253 e. The highest BCUT2D eigenvalue weighted by Crippen LogP contribution is 2.32. The van der Waals surface area contributed by atoms with Gasteiger partial charge in [0.2, 0.25) is 0 Å². The number of carbonyl (C=O) groups is 1. The van der Waals surface area contributed by atoms with Crippen LogP contribution in [-0.4, -0.2) is 5.91 Å². The van der Waals surface area contributed by atoms with Crippen molar-refractivity contribution in [3.63, 3.8) is 0 Å². The van der Waals surface area contributed by atoms with E-state index in [9.17, 15) is 4.79 Å². The highest BCUT2D eigenvalue weighted by Gasteiger charge is 2.14. The first-order valence-electron chi connectivity index (χ1n) is 5.20. The Balaban J connectivity index is 2.44. The summed E-state index contributed by atoms with van der Waals surface area (Å²) in [5, 5.41) is 0. The summed E-state index contributed by atoms with van der Waals surface area (Å²) in [6, 6.07) is 12.2. The lowest BCUT2D eigenvalue weighted by Gasteiger charge is -2.11. The summed E-state index contributed by atoms with van der Waals surface area (Å²) in [7, 11) is 0. The number of benzene rings is 2. The van der Waals surface area contributed by atoms with E-state index in [2.05, 4.69) is 15.9 Å². The molecule has 4 N–H and O–H groups in total. The largest absolute Gasteiger partial charge is 0.454 e. The fraction of sp³-hybridized carbons (Fsp3) is 0. The van der Waals surface area contributed by atoms with E-state index in [1.165, 1.54) is 0 Å². The van der Waals surface area contributed by atoms with Crippen molar-refractivity contribution in [2.24, 2.45) is 5.73 Å². The van der Waals surface area contributed by atoms with Crippen LogP contribution in [0.3, 0.4) is 0 Å². The zero-order chi connectivity index (χ0) is 13.1. The van der Waals surface area contributed by atoms with Crippen molar-refractivity contribution in [1.82, 2.24) is 0 Å². The highest BCUT2D eigenvalue weighted by molar-refractivity contribution is 9.10. The molecule has 0 aliphatic carbocycles. The van der Waals surface area contributed by atoms with Crippen LogP contribution in [-0.2, 0) is 0 Å². The maximum absolute atomic E-state index is 11.4. The van der Waals surface area contributed by atoms with Gasteiger partial charge in [-0.25, -0.2) is 0 Å². The Hall–Kier alpha value is -2.01. The van der Waals surface area contributed by atoms with Gasteiger partial charge in [-0.2, -0.15) is 0 Å². The molecule has 0 saturated carbocycles. The summed E-state index contributed by atoms with van der Waals surface area (Å²) in [6.45, 7) is 0. The molecule has 0 spiro atoms. The van der Waals surface area contributed by atoms with Crippen molar-refractivity contribution in [2.75, 3.05) is 5.73 Å². The molecule has 0 aromatic heterocycles.